The molecule has 0 unspecified atom stereocenters. The number of hydrogen-bond donors (Lipinski definition) is 1. The average molecular weight is 267 g/mol. The molecule has 0 atom stereocenters. The number of carbonyl (C=O) groups is 1. The Morgan fingerprint density at radius 1 is 1.44 bits per heavy atom. The van der Waals surface area contributed by atoms with E-state index in [2.05, 4.69) is 17.2 Å². The molecule has 0 bridgehead atoms. The smallest absolute Gasteiger partial charge is 0.254 e. The molecule has 1 aliphatic rings. The number of hydrogen-bond acceptors (Lipinski definition) is 2. The number of nitrogens with zero attached hydrogens (tertiary/aromatic N) is 1. The van der Waals surface area contributed by atoms with E-state index in [9.17, 15) is 4.79 Å². The molecule has 0 spiro atoms. The molecule has 0 aromatic carbocycles. The van der Waals surface area contributed by atoms with E-state index in [4.69, 9.17) is 11.6 Å². The van der Waals surface area contributed by atoms with Gasteiger partial charge in [-0.15, -0.1) is 0 Å². The van der Waals surface area contributed by atoms with Crippen LogP contribution in [0.15, 0.2) is 18.5 Å². The van der Waals surface area contributed by atoms with Crippen LogP contribution in [0, 0.1) is 11.8 Å². The molecule has 0 saturated heterocycles. The lowest BCUT2D eigenvalue weighted by molar-refractivity contribution is 0.0941. The van der Waals surface area contributed by atoms with E-state index in [1.165, 1.54) is 31.9 Å². The standard InChI is InChI=1S/C14H19ClN2O/c1-10-2-4-11(5-3-10)8-17-14(18)12-9-16-7-6-13(12)15/h6-7,9-11H,2-5,8H2,1H3,(H,17,18). The quantitative estimate of drug-likeness (QED) is 0.912. The zero-order valence-corrected chi connectivity index (χ0v) is 11.4. The van der Waals surface area contributed by atoms with Crippen LogP contribution in [0.5, 0.6) is 0 Å². The second-order valence-electron chi connectivity index (χ2n) is 5.19. The van der Waals surface area contributed by atoms with E-state index in [-0.39, 0.29) is 5.91 Å². The molecular formula is C14H19ClN2O. The van der Waals surface area contributed by atoms with Gasteiger partial charge in [0.2, 0.25) is 0 Å². The molecule has 18 heavy (non-hydrogen) atoms. The summed E-state index contributed by atoms with van der Waals surface area (Å²) < 4.78 is 0. The lowest BCUT2D eigenvalue weighted by atomic mass is 9.83. The fraction of sp³-hybridized carbons (Fsp3) is 0.571. The molecular weight excluding hydrogens is 248 g/mol. The van der Waals surface area contributed by atoms with Crippen molar-refractivity contribution < 1.29 is 4.79 Å². The van der Waals surface area contributed by atoms with Crippen molar-refractivity contribution in [3.05, 3.63) is 29.0 Å². The Morgan fingerprint density at radius 3 is 2.83 bits per heavy atom. The Labute approximate surface area is 113 Å². The third kappa shape index (κ3) is 3.45. The molecule has 1 saturated carbocycles. The maximum atomic E-state index is 11.9. The summed E-state index contributed by atoms with van der Waals surface area (Å²) in [7, 11) is 0. The molecule has 98 valence electrons. The lowest BCUT2D eigenvalue weighted by Crippen LogP contribution is -2.31. The fourth-order valence-corrected chi connectivity index (χ4v) is 2.60. The first-order chi connectivity index (χ1) is 8.66. The summed E-state index contributed by atoms with van der Waals surface area (Å²) in [6, 6.07) is 1.64. The van der Waals surface area contributed by atoms with Crippen molar-refractivity contribution in [2.24, 2.45) is 11.8 Å². The van der Waals surface area contributed by atoms with Gasteiger partial charge in [-0.3, -0.25) is 9.78 Å². The van der Waals surface area contributed by atoms with Gasteiger partial charge in [-0.25, -0.2) is 0 Å². The Balaban J connectivity index is 1.84. The van der Waals surface area contributed by atoms with Crippen LogP contribution in [0.4, 0.5) is 0 Å². The van der Waals surface area contributed by atoms with Crippen LogP contribution in [0.3, 0.4) is 0 Å². The molecule has 1 aliphatic carbocycles. The molecule has 1 heterocycles. The number of aromatic nitrogens is 1. The van der Waals surface area contributed by atoms with Gasteiger partial charge >= 0.3 is 0 Å². The minimum atomic E-state index is -0.119. The summed E-state index contributed by atoms with van der Waals surface area (Å²) in [6.07, 6.45) is 8.06. The summed E-state index contributed by atoms with van der Waals surface area (Å²) >= 11 is 5.96. The summed E-state index contributed by atoms with van der Waals surface area (Å²) in [6.45, 7) is 3.04. The van der Waals surface area contributed by atoms with Crippen LogP contribution in [0.1, 0.15) is 43.0 Å². The SMILES string of the molecule is CC1CCC(CNC(=O)c2cnccc2Cl)CC1. The van der Waals surface area contributed by atoms with Crippen LogP contribution >= 0.6 is 11.6 Å². The number of amides is 1. The molecule has 1 aromatic rings. The predicted molar refractivity (Wildman–Crippen MR) is 72.7 cm³/mol. The number of pyridine rings is 1. The van der Waals surface area contributed by atoms with E-state index in [0.717, 1.165) is 12.5 Å². The Morgan fingerprint density at radius 2 is 2.17 bits per heavy atom. The zero-order chi connectivity index (χ0) is 13.0. The molecule has 1 fully saturated rings. The van der Waals surface area contributed by atoms with Gasteiger partial charge in [0.25, 0.3) is 5.91 Å². The highest BCUT2D eigenvalue weighted by molar-refractivity contribution is 6.33. The highest BCUT2D eigenvalue weighted by atomic mass is 35.5. The highest BCUT2D eigenvalue weighted by Crippen LogP contribution is 2.27. The summed E-state index contributed by atoms with van der Waals surface area (Å²) in [5.74, 6) is 1.33. The van der Waals surface area contributed by atoms with Crippen LogP contribution in [-0.4, -0.2) is 17.4 Å². The largest absolute Gasteiger partial charge is 0.352 e. The molecule has 1 N–H and O–H groups in total. The van der Waals surface area contributed by atoms with E-state index in [1.807, 2.05) is 0 Å². The van der Waals surface area contributed by atoms with Crippen LogP contribution in [0.25, 0.3) is 0 Å². The van der Waals surface area contributed by atoms with Crippen molar-refractivity contribution in [1.29, 1.82) is 0 Å². The van der Waals surface area contributed by atoms with E-state index < -0.39 is 0 Å². The van der Waals surface area contributed by atoms with Crippen LogP contribution in [0.2, 0.25) is 5.02 Å². The fourth-order valence-electron chi connectivity index (χ4n) is 2.41. The van der Waals surface area contributed by atoms with Gasteiger partial charge in [-0.1, -0.05) is 31.4 Å². The second-order valence-corrected chi connectivity index (χ2v) is 5.60. The first-order valence-corrected chi connectivity index (χ1v) is 6.92. The molecule has 0 aliphatic heterocycles. The van der Waals surface area contributed by atoms with Crippen molar-refractivity contribution in [2.75, 3.05) is 6.54 Å². The molecule has 1 amide bonds. The van der Waals surface area contributed by atoms with Gasteiger partial charge < -0.3 is 5.32 Å². The van der Waals surface area contributed by atoms with Gasteiger partial charge in [-0.2, -0.15) is 0 Å². The van der Waals surface area contributed by atoms with Crippen molar-refractivity contribution in [1.82, 2.24) is 10.3 Å². The average Bonchev–Trinajstić information content (AvgIpc) is 2.38. The van der Waals surface area contributed by atoms with Gasteiger partial charge in [0.05, 0.1) is 10.6 Å². The normalized spacial score (nSPS) is 23.7. The maximum Gasteiger partial charge on any atom is 0.254 e. The summed E-state index contributed by atoms with van der Waals surface area (Å²) in [5.41, 5.74) is 0.461. The predicted octanol–water partition coefficient (Wildman–Crippen LogP) is 3.29. The van der Waals surface area contributed by atoms with E-state index >= 15 is 0 Å². The Kier molecular flexibility index (Phi) is 4.59. The number of halogens is 1. The number of rotatable bonds is 3. The van der Waals surface area contributed by atoms with E-state index in [0.29, 0.717) is 16.5 Å². The minimum absolute atomic E-state index is 0.119. The monoisotopic (exact) mass is 266 g/mol. The van der Waals surface area contributed by atoms with Gasteiger partial charge in [-0.05, 0) is 30.7 Å². The zero-order valence-electron chi connectivity index (χ0n) is 10.7. The minimum Gasteiger partial charge on any atom is -0.352 e. The van der Waals surface area contributed by atoms with Crippen molar-refractivity contribution in [3.8, 4) is 0 Å². The van der Waals surface area contributed by atoms with Crippen LogP contribution < -0.4 is 5.32 Å². The van der Waals surface area contributed by atoms with E-state index in [1.54, 1.807) is 12.3 Å². The first kappa shape index (κ1) is 13.3. The highest BCUT2D eigenvalue weighted by Gasteiger charge is 2.19. The molecule has 4 heteroatoms. The summed E-state index contributed by atoms with van der Waals surface area (Å²) in [5, 5.41) is 3.42. The number of nitrogens with one attached hydrogen (secondary N) is 1. The summed E-state index contributed by atoms with van der Waals surface area (Å²) in [4.78, 5) is 15.9. The van der Waals surface area contributed by atoms with Crippen molar-refractivity contribution in [3.63, 3.8) is 0 Å². The third-order valence-electron chi connectivity index (χ3n) is 3.70. The molecule has 0 radical (unpaired) electrons. The van der Waals surface area contributed by atoms with Crippen molar-refractivity contribution in [2.45, 2.75) is 32.6 Å². The third-order valence-corrected chi connectivity index (χ3v) is 4.03. The Bertz CT molecular complexity index is 414. The van der Waals surface area contributed by atoms with Gasteiger partial charge in [0.15, 0.2) is 0 Å². The molecule has 1 aromatic heterocycles. The maximum absolute atomic E-state index is 11.9. The van der Waals surface area contributed by atoms with Crippen molar-refractivity contribution >= 4 is 17.5 Å². The second kappa shape index (κ2) is 6.19. The van der Waals surface area contributed by atoms with Gasteiger partial charge in [0, 0.05) is 18.9 Å². The van der Waals surface area contributed by atoms with Gasteiger partial charge in [0.1, 0.15) is 0 Å². The topological polar surface area (TPSA) is 42.0 Å². The lowest BCUT2D eigenvalue weighted by Gasteiger charge is -2.26. The molecule has 2 rings (SSSR count). The first-order valence-electron chi connectivity index (χ1n) is 6.54. The Hall–Kier alpha value is -1.09. The number of carbonyl (C=O) groups excluding carboxylic acids is 1. The molecule has 3 nitrogen and oxygen atoms in total. The van der Waals surface area contributed by atoms with Crippen LogP contribution in [-0.2, 0) is 0 Å².